The Hall–Kier alpha value is -3.44. The molecular weight excluding hydrogens is 508 g/mol. The molecule has 2 aliphatic heterocycles. The largest absolute Gasteiger partial charge is 0.378 e. The van der Waals surface area contributed by atoms with Gasteiger partial charge in [0.25, 0.3) is 0 Å². The summed E-state index contributed by atoms with van der Waals surface area (Å²) >= 11 is 1.83. The molecule has 0 radical (unpaired) electrons. The van der Waals surface area contributed by atoms with Gasteiger partial charge in [-0.2, -0.15) is 5.10 Å². The number of anilines is 1. The Bertz CT molecular complexity index is 1600. The van der Waals surface area contributed by atoms with Gasteiger partial charge in [0, 0.05) is 73.9 Å². The van der Waals surface area contributed by atoms with E-state index in [1.54, 1.807) is 0 Å². The van der Waals surface area contributed by atoms with Gasteiger partial charge < -0.3 is 9.64 Å². The predicted molar refractivity (Wildman–Crippen MR) is 155 cm³/mol. The van der Waals surface area contributed by atoms with E-state index >= 15 is 0 Å². The number of aryl methyl sites for hydroxylation is 1. The Morgan fingerprint density at radius 1 is 0.897 bits per heavy atom. The minimum Gasteiger partial charge on any atom is -0.378 e. The highest BCUT2D eigenvalue weighted by Crippen LogP contribution is 2.36. The fourth-order valence-electron chi connectivity index (χ4n) is 5.56. The summed E-state index contributed by atoms with van der Waals surface area (Å²) in [5.74, 6) is 1.77. The van der Waals surface area contributed by atoms with E-state index in [9.17, 15) is 0 Å². The number of piperazine rings is 1. The maximum atomic E-state index is 5.64. The van der Waals surface area contributed by atoms with E-state index in [0.29, 0.717) is 0 Å². The molecule has 1 aromatic carbocycles. The molecule has 9 nitrogen and oxygen atoms in total. The Morgan fingerprint density at radius 2 is 1.69 bits per heavy atom. The van der Waals surface area contributed by atoms with Crippen molar-refractivity contribution in [1.29, 1.82) is 0 Å². The number of morpholine rings is 1. The van der Waals surface area contributed by atoms with Gasteiger partial charge in [-0.1, -0.05) is 18.2 Å². The molecule has 200 valence electrons. The lowest BCUT2D eigenvalue weighted by Crippen LogP contribution is -2.45. The zero-order valence-corrected chi connectivity index (χ0v) is 23.0. The van der Waals surface area contributed by atoms with Gasteiger partial charge >= 0.3 is 0 Å². The van der Waals surface area contributed by atoms with Gasteiger partial charge in [0.15, 0.2) is 11.6 Å². The average Bonchev–Trinajstić information content (AvgIpc) is 3.61. The highest BCUT2D eigenvalue weighted by Gasteiger charge is 2.23. The Morgan fingerprint density at radius 3 is 2.51 bits per heavy atom. The molecular formula is C29H32N8OS. The summed E-state index contributed by atoms with van der Waals surface area (Å²) in [6.45, 7) is 11.2. The topological polar surface area (TPSA) is 86.3 Å². The lowest BCUT2D eigenvalue weighted by atomic mass is 10.1. The van der Waals surface area contributed by atoms with Gasteiger partial charge in [-0.25, -0.2) is 9.97 Å². The van der Waals surface area contributed by atoms with Crippen LogP contribution in [0, 0.1) is 6.92 Å². The van der Waals surface area contributed by atoms with Gasteiger partial charge in [-0.15, -0.1) is 11.3 Å². The highest BCUT2D eigenvalue weighted by atomic mass is 32.1. The van der Waals surface area contributed by atoms with Crippen molar-refractivity contribution in [3.05, 3.63) is 64.9 Å². The van der Waals surface area contributed by atoms with Gasteiger partial charge in [-0.05, 0) is 31.2 Å². The lowest BCUT2D eigenvalue weighted by molar-refractivity contribution is 0.122. The summed E-state index contributed by atoms with van der Waals surface area (Å²) in [6.07, 6.45) is 1.86. The first-order chi connectivity index (χ1) is 19.2. The van der Waals surface area contributed by atoms with Crippen molar-refractivity contribution in [1.82, 2.24) is 34.9 Å². The van der Waals surface area contributed by atoms with Gasteiger partial charge in [0.05, 0.1) is 40.8 Å². The predicted octanol–water partition coefficient (Wildman–Crippen LogP) is 4.09. The lowest BCUT2D eigenvalue weighted by Gasteiger charge is -2.34. The molecule has 4 aromatic heterocycles. The van der Waals surface area contributed by atoms with Crippen LogP contribution in [-0.4, -0.2) is 87.4 Å². The van der Waals surface area contributed by atoms with E-state index in [-0.39, 0.29) is 0 Å². The average molecular weight is 541 g/mol. The third kappa shape index (κ3) is 5.12. The van der Waals surface area contributed by atoms with Crippen molar-refractivity contribution < 1.29 is 4.74 Å². The number of rotatable bonds is 6. The van der Waals surface area contributed by atoms with E-state index in [1.165, 1.54) is 9.58 Å². The number of fused-ring (bicyclic) bond motifs is 2. The van der Waals surface area contributed by atoms with E-state index in [1.807, 2.05) is 29.7 Å². The summed E-state index contributed by atoms with van der Waals surface area (Å²) in [5, 5.41) is 8.36. The third-order valence-corrected chi connectivity index (χ3v) is 8.72. The number of nitrogens with one attached hydrogen (secondary N) is 1. The van der Waals surface area contributed by atoms with Gasteiger partial charge in [0.1, 0.15) is 0 Å². The van der Waals surface area contributed by atoms with Crippen LogP contribution in [-0.2, 0) is 17.8 Å². The van der Waals surface area contributed by atoms with Crippen LogP contribution in [0.3, 0.4) is 0 Å². The number of nitrogens with zero attached hydrogens (tertiary/aromatic N) is 7. The Kier molecular flexibility index (Phi) is 6.69. The SMILES string of the molecule is Cc1cccc(CN2CCN(Cc3cc4nc(-c5cccc6[nH]ncc56)nc(N5CCOCC5)c4s3)CC2)n1. The van der Waals surface area contributed by atoms with Crippen molar-refractivity contribution in [2.45, 2.75) is 20.0 Å². The zero-order valence-electron chi connectivity index (χ0n) is 22.1. The van der Waals surface area contributed by atoms with Gasteiger partial charge in [-0.3, -0.25) is 19.9 Å². The zero-order chi connectivity index (χ0) is 26.2. The first kappa shape index (κ1) is 24.6. The van der Waals surface area contributed by atoms with E-state index in [4.69, 9.17) is 14.7 Å². The third-order valence-electron chi connectivity index (χ3n) is 7.62. The van der Waals surface area contributed by atoms with Gasteiger partial charge in [0.2, 0.25) is 0 Å². The van der Waals surface area contributed by atoms with Crippen molar-refractivity contribution in [3.63, 3.8) is 0 Å². The molecule has 6 heterocycles. The van der Waals surface area contributed by atoms with Crippen LogP contribution in [0.4, 0.5) is 5.82 Å². The minimum absolute atomic E-state index is 0.721. The molecule has 0 amide bonds. The van der Waals surface area contributed by atoms with Crippen molar-refractivity contribution >= 4 is 38.3 Å². The Balaban J connectivity index is 1.14. The molecule has 0 spiro atoms. The molecule has 2 saturated heterocycles. The maximum Gasteiger partial charge on any atom is 0.162 e. The fraction of sp³-hybridized carbons (Fsp3) is 0.379. The number of hydrogen-bond donors (Lipinski definition) is 1. The molecule has 0 atom stereocenters. The van der Waals surface area contributed by atoms with E-state index in [2.05, 4.69) is 67.1 Å². The summed E-state index contributed by atoms with van der Waals surface area (Å²) in [6, 6.07) is 14.7. The second-order valence-electron chi connectivity index (χ2n) is 10.4. The molecule has 7 rings (SSSR count). The Labute approximate surface area is 231 Å². The molecule has 0 bridgehead atoms. The number of aromatic nitrogens is 5. The molecule has 0 unspecified atom stereocenters. The first-order valence-corrected chi connectivity index (χ1v) is 14.4. The van der Waals surface area contributed by atoms with E-state index < -0.39 is 0 Å². The number of hydrogen-bond acceptors (Lipinski definition) is 9. The quantitative estimate of drug-likeness (QED) is 0.345. The smallest absolute Gasteiger partial charge is 0.162 e. The maximum absolute atomic E-state index is 5.64. The van der Waals surface area contributed by atoms with Crippen molar-refractivity contribution in [3.8, 4) is 11.4 Å². The second kappa shape index (κ2) is 10.6. The number of aromatic amines is 1. The van der Waals surface area contributed by atoms with Crippen LogP contribution in [0.25, 0.3) is 32.5 Å². The second-order valence-corrected chi connectivity index (χ2v) is 11.5. The minimum atomic E-state index is 0.721. The summed E-state index contributed by atoms with van der Waals surface area (Å²) in [5.41, 5.74) is 5.26. The molecule has 2 aliphatic rings. The number of benzene rings is 1. The van der Waals surface area contributed by atoms with Crippen molar-refractivity contribution in [2.75, 3.05) is 57.4 Å². The molecule has 5 aromatic rings. The molecule has 1 N–H and O–H groups in total. The normalized spacial score (nSPS) is 17.4. The first-order valence-electron chi connectivity index (χ1n) is 13.6. The number of pyridine rings is 1. The highest BCUT2D eigenvalue weighted by molar-refractivity contribution is 7.19. The van der Waals surface area contributed by atoms with Crippen LogP contribution in [0.1, 0.15) is 16.3 Å². The monoisotopic (exact) mass is 540 g/mol. The number of thiophene rings is 1. The van der Waals surface area contributed by atoms with Crippen LogP contribution in [0.15, 0.2) is 48.7 Å². The van der Waals surface area contributed by atoms with E-state index in [0.717, 1.165) is 111 Å². The summed E-state index contributed by atoms with van der Waals surface area (Å²) < 4.78 is 6.81. The van der Waals surface area contributed by atoms with Crippen LogP contribution in [0.2, 0.25) is 0 Å². The van der Waals surface area contributed by atoms with Crippen molar-refractivity contribution in [2.24, 2.45) is 0 Å². The van der Waals surface area contributed by atoms with Crippen LogP contribution < -0.4 is 4.90 Å². The molecule has 0 saturated carbocycles. The van der Waals surface area contributed by atoms with Crippen LogP contribution in [0.5, 0.6) is 0 Å². The van der Waals surface area contributed by atoms with Crippen LogP contribution >= 0.6 is 11.3 Å². The molecule has 2 fully saturated rings. The summed E-state index contributed by atoms with van der Waals surface area (Å²) in [4.78, 5) is 23.7. The fourth-order valence-corrected chi connectivity index (χ4v) is 6.71. The number of H-pyrrole nitrogens is 1. The molecule has 0 aliphatic carbocycles. The number of ether oxygens (including phenoxy) is 1. The standard InChI is InChI=1S/C29H32N8OS/c1-20-4-2-5-21(31-20)18-35-8-10-36(11-9-35)19-22-16-26-27(39-22)29(37-12-14-38-15-13-37)33-28(32-26)23-6-3-7-25-24(23)17-30-34-25/h2-7,16-17H,8-15,18-19H2,1H3,(H,30,34). The molecule has 10 heteroatoms. The summed E-state index contributed by atoms with van der Waals surface area (Å²) in [7, 11) is 0. The molecule has 39 heavy (non-hydrogen) atoms.